The zero-order valence-electron chi connectivity index (χ0n) is 20.7. The minimum absolute atomic E-state index is 0.176. The molecule has 0 aliphatic carbocycles. The fourth-order valence-electron chi connectivity index (χ4n) is 3.70. The van der Waals surface area contributed by atoms with Crippen molar-refractivity contribution in [1.82, 2.24) is 14.8 Å². The number of hydrogen-bond acceptors (Lipinski definition) is 4. The number of carbonyl (C=O) groups is 1. The first kappa shape index (κ1) is 25.2. The Morgan fingerprint density at radius 3 is 2.50 bits per heavy atom. The first-order chi connectivity index (χ1) is 16.8. The van der Waals surface area contributed by atoms with Crippen molar-refractivity contribution in [2.45, 2.75) is 52.5 Å². The van der Waals surface area contributed by atoms with Crippen molar-refractivity contribution in [2.24, 2.45) is 0 Å². The molecule has 0 atom stereocenters. The van der Waals surface area contributed by atoms with Crippen molar-refractivity contribution in [3.8, 4) is 11.5 Å². The summed E-state index contributed by atoms with van der Waals surface area (Å²) in [5.41, 5.74) is 1.37. The molecule has 0 aliphatic heterocycles. The van der Waals surface area contributed by atoms with Crippen LogP contribution >= 0.6 is 0 Å². The molecule has 4 aromatic rings. The smallest absolute Gasteiger partial charge is 0.270 e. The maximum absolute atomic E-state index is 14.9. The summed E-state index contributed by atoms with van der Waals surface area (Å²) in [5, 5.41) is 7.35. The average molecular weight is 497 g/mol. The lowest BCUT2D eigenvalue weighted by Gasteiger charge is -2.18. The molecule has 2 aromatic carbocycles. The highest BCUT2D eigenvalue weighted by atomic mass is 19.3. The first-order valence-corrected chi connectivity index (χ1v) is 11.4. The number of anilines is 1. The number of hydrogen-bond donors (Lipinski definition) is 1. The second kappa shape index (κ2) is 9.29. The lowest BCUT2D eigenvalue weighted by Crippen LogP contribution is -2.22. The number of aryl methyl sites for hydroxylation is 1. The number of carbonyl (C=O) groups excluding carboxylic acids is 1. The summed E-state index contributed by atoms with van der Waals surface area (Å²) in [5.74, 6) is -3.55. The summed E-state index contributed by atoms with van der Waals surface area (Å²) in [6.45, 7) is 8.50. The molecule has 9 heteroatoms. The molecule has 0 aliphatic rings. The number of halogens is 3. The second-order valence-corrected chi connectivity index (χ2v) is 9.81. The van der Waals surface area contributed by atoms with Crippen molar-refractivity contribution < 1.29 is 22.7 Å². The lowest BCUT2D eigenvalue weighted by atomic mass is 10.1. The number of pyridine rings is 1. The predicted molar refractivity (Wildman–Crippen MR) is 132 cm³/mol. The lowest BCUT2D eigenvalue weighted by molar-refractivity contribution is -0.115. The minimum Gasteiger partial charge on any atom is -0.456 e. The van der Waals surface area contributed by atoms with E-state index in [1.54, 1.807) is 24.0 Å². The van der Waals surface area contributed by atoms with Crippen LogP contribution in [0.15, 0.2) is 55.0 Å². The van der Waals surface area contributed by atoms with Gasteiger partial charge in [0, 0.05) is 36.3 Å². The molecule has 0 fully saturated rings. The number of fused-ring (bicyclic) bond motifs is 1. The summed E-state index contributed by atoms with van der Waals surface area (Å²) >= 11 is 0. The molecule has 0 spiro atoms. The van der Waals surface area contributed by atoms with Gasteiger partial charge in [-0.2, -0.15) is 5.10 Å². The van der Waals surface area contributed by atoms with E-state index in [9.17, 15) is 18.0 Å². The van der Waals surface area contributed by atoms with Gasteiger partial charge in [-0.3, -0.25) is 14.5 Å². The van der Waals surface area contributed by atoms with E-state index in [0.29, 0.717) is 22.2 Å². The molecule has 1 N–H and O–H groups in total. The van der Waals surface area contributed by atoms with Gasteiger partial charge in [-0.25, -0.2) is 13.2 Å². The minimum atomic E-state index is -3.03. The molecule has 4 rings (SSSR count). The number of rotatable bonds is 6. The topological polar surface area (TPSA) is 69.0 Å². The Bertz CT molecular complexity index is 1440. The van der Waals surface area contributed by atoms with Gasteiger partial charge < -0.3 is 10.1 Å². The maximum atomic E-state index is 14.9. The Balaban J connectivity index is 1.54. The van der Waals surface area contributed by atoms with Crippen molar-refractivity contribution in [2.75, 3.05) is 5.32 Å². The number of alkyl halides is 2. The Labute approximate surface area is 207 Å². The van der Waals surface area contributed by atoms with Crippen LogP contribution in [-0.2, 0) is 22.7 Å². The zero-order valence-corrected chi connectivity index (χ0v) is 20.7. The van der Waals surface area contributed by atoms with Gasteiger partial charge in [-0.15, -0.1) is 0 Å². The van der Waals surface area contributed by atoms with E-state index < -0.39 is 11.7 Å². The standard InChI is InChI=1S/C27H27F3N4O2/c1-16-10-17(11-25(35)33-19-14-32-34(15-19)26(2,3)4)21(28)13-24(16)36-23-8-9-31-22-7-6-18(12-20(22)23)27(5,29)30/h6-10,12-15H,11H2,1-5H3,(H,33,35). The summed E-state index contributed by atoms with van der Waals surface area (Å²) in [7, 11) is 0. The van der Waals surface area contributed by atoms with Crippen LogP contribution in [0.5, 0.6) is 11.5 Å². The fraction of sp³-hybridized carbons (Fsp3) is 0.296. The third-order valence-electron chi connectivity index (χ3n) is 5.68. The highest BCUT2D eigenvalue weighted by Crippen LogP contribution is 2.35. The summed E-state index contributed by atoms with van der Waals surface area (Å²) in [6, 6.07) is 8.41. The molecule has 0 saturated carbocycles. The normalized spacial score (nSPS) is 12.1. The summed E-state index contributed by atoms with van der Waals surface area (Å²) in [4.78, 5) is 16.7. The van der Waals surface area contributed by atoms with Gasteiger partial charge in [0.1, 0.15) is 17.3 Å². The molecule has 1 amide bonds. The molecule has 0 saturated heterocycles. The van der Waals surface area contributed by atoms with E-state index >= 15 is 0 Å². The quantitative estimate of drug-likeness (QED) is 0.322. The SMILES string of the molecule is Cc1cc(CC(=O)Nc2cnn(C(C)(C)C)c2)c(F)cc1Oc1ccnc2ccc(C(C)(F)F)cc12. The van der Waals surface area contributed by atoms with E-state index in [4.69, 9.17) is 4.74 Å². The van der Waals surface area contributed by atoms with Gasteiger partial charge in [-0.1, -0.05) is 6.07 Å². The largest absolute Gasteiger partial charge is 0.456 e. The van der Waals surface area contributed by atoms with E-state index in [0.717, 1.165) is 6.92 Å². The number of nitrogens with zero attached hydrogens (tertiary/aromatic N) is 3. The highest BCUT2D eigenvalue weighted by Gasteiger charge is 2.25. The van der Waals surface area contributed by atoms with Crippen molar-refractivity contribution in [3.63, 3.8) is 0 Å². The van der Waals surface area contributed by atoms with E-state index in [-0.39, 0.29) is 40.5 Å². The third-order valence-corrected chi connectivity index (χ3v) is 5.68. The first-order valence-electron chi connectivity index (χ1n) is 11.4. The van der Waals surface area contributed by atoms with Gasteiger partial charge >= 0.3 is 0 Å². The van der Waals surface area contributed by atoms with Gasteiger partial charge in [0.25, 0.3) is 5.92 Å². The molecule has 36 heavy (non-hydrogen) atoms. The van der Waals surface area contributed by atoms with Crippen molar-refractivity contribution in [1.29, 1.82) is 0 Å². The van der Waals surface area contributed by atoms with Crippen LogP contribution in [0, 0.1) is 12.7 Å². The summed E-state index contributed by atoms with van der Waals surface area (Å²) < 4.78 is 50.3. The Morgan fingerprint density at radius 2 is 1.83 bits per heavy atom. The molecule has 2 aromatic heterocycles. The zero-order chi connectivity index (χ0) is 26.3. The van der Waals surface area contributed by atoms with Crippen LogP contribution in [0.3, 0.4) is 0 Å². The summed E-state index contributed by atoms with van der Waals surface area (Å²) in [6.07, 6.45) is 4.57. The van der Waals surface area contributed by atoms with Crippen LogP contribution in [0.25, 0.3) is 10.9 Å². The molecule has 188 valence electrons. The number of ether oxygens (including phenoxy) is 1. The van der Waals surface area contributed by atoms with Crippen LogP contribution < -0.4 is 10.1 Å². The van der Waals surface area contributed by atoms with Crippen LogP contribution in [-0.4, -0.2) is 20.7 Å². The van der Waals surface area contributed by atoms with E-state index in [1.807, 2.05) is 20.8 Å². The van der Waals surface area contributed by atoms with Gasteiger partial charge in [0.2, 0.25) is 5.91 Å². The molecule has 0 bridgehead atoms. The monoisotopic (exact) mass is 496 g/mol. The number of amides is 1. The maximum Gasteiger partial charge on any atom is 0.270 e. The predicted octanol–water partition coefficient (Wildman–Crippen LogP) is 6.72. The van der Waals surface area contributed by atoms with Crippen LogP contribution in [0.1, 0.15) is 44.4 Å². The van der Waals surface area contributed by atoms with Crippen LogP contribution in [0.4, 0.5) is 18.9 Å². The van der Waals surface area contributed by atoms with E-state index in [1.165, 1.54) is 42.6 Å². The molecule has 0 radical (unpaired) electrons. The Kier molecular flexibility index (Phi) is 6.51. The Morgan fingerprint density at radius 1 is 1.08 bits per heavy atom. The number of benzene rings is 2. The molecular weight excluding hydrogens is 469 g/mol. The number of nitrogens with one attached hydrogen (secondary N) is 1. The van der Waals surface area contributed by atoms with Crippen molar-refractivity contribution >= 4 is 22.5 Å². The molecule has 6 nitrogen and oxygen atoms in total. The Hall–Kier alpha value is -3.88. The number of aromatic nitrogens is 3. The van der Waals surface area contributed by atoms with Crippen LogP contribution in [0.2, 0.25) is 0 Å². The van der Waals surface area contributed by atoms with E-state index in [2.05, 4.69) is 15.4 Å². The van der Waals surface area contributed by atoms with Crippen molar-refractivity contribution in [3.05, 3.63) is 77.5 Å². The fourth-order valence-corrected chi connectivity index (χ4v) is 3.70. The average Bonchev–Trinajstić information content (AvgIpc) is 3.25. The molecular formula is C27H27F3N4O2. The third kappa shape index (κ3) is 5.50. The second-order valence-electron chi connectivity index (χ2n) is 9.81. The highest BCUT2D eigenvalue weighted by molar-refractivity contribution is 5.92. The molecule has 2 heterocycles. The van der Waals surface area contributed by atoms with Gasteiger partial charge in [0.05, 0.1) is 29.4 Å². The molecule has 0 unspecified atom stereocenters. The van der Waals surface area contributed by atoms with Gasteiger partial charge in [-0.05, 0) is 63.1 Å². The van der Waals surface area contributed by atoms with Gasteiger partial charge in [0.15, 0.2) is 0 Å².